The highest BCUT2D eigenvalue weighted by molar-refractivity contribution is 6.04. The van der Waals surface area contributed by atoms with E-state index in [2.05, 4.69) is 22.2 Å². The monoisotopic (exact) mass is 247 g/mol. The van der Waals surface area contributed by atoms with Gasteiger partial charge in [0.15, 0.2) is 0 Å². The molecule has 0 fully saturated rings. The van der Waals surface area contributed by atoms with Crippen LogP contribution in [-0.4, -0.2) is 34.1 Å². The summed E-state index contributed by atoms with van der Waals surface area (Å²) in [5, 5.41) is 11.4. The summed E-state index contributed by atoms with van der Waals surface area (Å²) < 4.78 is 0. The Morgan fingerprint density at radius 3 is 3.06 bits per heavy atom. The summed E-state index contributed by atoms with van der Waals surface area (Å²) in [5.74, 6) is 0.694. The van der Waals surface area contributed by atoms with Crippen molar-refractivity contribution in [1.29, 1.82) is 0 Å². The van der Waals surface area contributed by atoms with Gasteiger partial charge in [-0.25, -0.2) is 4.98 Å². The van der Waals surface area contributed by atoms with Gasteiger partial charge in [-0.05, 0) is 18.6 Å². The summed E-state index contributed by atoms with van der Waals surface area (Å²) in [7, 11) is 0. The molecule has 0 aliphatic carbocycles. The third-order valence-electron chi connectivity index (χ3n) is 2.69. The van der Waals surface area contributed by atoms with E-state index in [4.69, 9.17) is 5.11 Å². The van der Waals surface area contributed by atoms with E-state index in [-0.39, 0.29) is 19.1 Å². The second kappa shape index (κ2) is 5.64. The second-order valence-electron chi connectivity index (χ2n) is 4.11. The van der Waals surface area contributed by atoms with Gasteiger partial charge in [0, 0.05) is 13.0 Å². The maximum absolute atomic E-state index is 11.9. The fraction of sp³-hybridized carbons (Fsp3) is 0.385. The number of aromatic nitrogens is 2. The molecular weight excluding hydrogens is 230 g/mol. The molecule has 0 bridgehead atoms. The minimum atomic E-state index is -0.204. The van der Waals surface area contributed by atoms with E-state index in [1.807, 2.05) is 12.1 Å². The number of imidazole rings is 1. The molecule has 18 heavy (non-hydrogen) atoms. The van der Waals surface area contributed by atoms with Gasteiger partial charge in [-0.2, -0.15) is 0 Å². The van der Waals surface area contributed by atoms with Gasteiger partial charge in [-0.3, -0.25) is 4.79 Å². The minimum Gasteiger partial charge on any atom is -0.395 e. The molecule has 5 nitrogen and oxygen atoms in total. The van der Waals surface area contributed by atoms with Crippen molar-refractivity contribution < 1.29 is 9.90 Å². The summed E-state index contributed by atoms with van der Waals surface area (Å²) >= 11 is 0. The van der Waals surface area contributed by atoms with Gasteiger partial charge in [-0.15, -0.1) is 0 Å². The average molecular weight is 247 g/mol. The normalized spacial score (nSPS) is 10.8. The van der Waals surface area contributed by atoms with Crippen molar-refractivity contribution in [1.82, 2.24) is 15.3 Å². The summed E-state index contributed by atoms with van der Waals surface area (Å²) in [6, 6.07) is 5.47. The Bertz CT molecular complexity index is 548. The lowest BCUT2D eigenvalue weighted by Crippen LogP contribution is -2.26. The molecule has 2 aromatic rings. The predicted octanol–water partition coefficient (Wildman–Crippen LogP) is 1.24. The minimum absolute atomic E-state index is 0.0661. The Labute approximate surface area is 105 Å². The largest absolute Gasteiger partial charge is 0.395 e. The molecule has 1 amide bonds. The van der Waals surface area contributed by atoms with Gasteiger partial charge < -0.3 is 15.4 Å². The van der Waals surface area contributed by atoms with Crippen LogP contribution in [0.1, 0.15) is 29.5 Å². The number of aryl methyl sites for hydroxylation is 1. The number of nitrogens with one attached hydrogen (secondary N) is 2. The van der Waals surface area contributed by atoms with Crippen molar-refractivity contribution >= 4 is 16.9 Å². The molecule has 0 radical (unpaired) electrons. The number of amides is 1. The molecule has 0 saturated heterocycles. The molecule has 3 N–H and O–H groups in total. The number of benzene rings is 1. The van der Waals surface area contributed by atoms with Crippen LogP contribution in [0.2, 0.25) is 0 Å². The van der Waals surface area contributed by atoms with Crippen LogP contribution in [0, 0.1) is 0 Å². The SMILES string of the molecule is CCCc1nc2c(C(=O)NCCO)cccc2[nH]1. The molecule has 96 valence electrons. The summed E-state index contributed by atoms with van der Waals surface area (Å²) in [4.78, 5) is 19.6. The fourth-order valence-corrected chi connectivity index (χ4v) is 1.89. The van der Waals surface area contributed by atoms with Crippen molar-refractivity contribution in [2.45, 2.75) is 19.8 Å². The lowest BCUT2D eigenvalue weighted by molar-refractivity contribution is 0.0946. The summed E-state index contributed by atoms with van der Waals surface area (Å²) in [6.45, 7) is 2.27. The van der Waals surface area contributed by atoms with E-state index in [0.29, 0.717) is 11.1 Å². The summed E-state index contributed by atoms with van der Waals surface area (Å²) in [5.41, 5.74) is 2.10. The molecule has 5 heteroatoms. The van der Waals surface area contributed by atoms with Crippen LogP contribution in [0.25, 0.3) is 11.0 Å². The predicted molar refractivity (Wildman–Crippen MR) is 69.5 cm³/mol. The van der Waals surface area contributed by atoms with Crippen LogP contribution < -0.4 is 5.32 Å². The van der Waals surface area contributed by atoms with Crippen molar-refractivity contribution in [3.63, 3.8) is 0 Å². The van der Waals surface area contributed by atoms with E-state index in [1.54, 1.807) is 6.07 Å². The first-order chi connectivity index (χ1) is 8.76. The van der Waals surface area contributed by atoms with Crippen LogP contribution in [0.5, 0.6) is 0 Å². The second-order valence-corrected chi connectivity index (χ2v) is 4.11. The zero-order valence-electron chi connectivity index (χ0n) is 10.4. The fourth-order valence-electron chi connectivity index (χ4n) is 1.89. The van der Waals surface area contributed by atoms with Crippen LogP contribution in [0.3, 0.4) is 0 Å². The number of hydrogen-bond acceptors (Lipinski definition) is 3. The Hall–Kier alpha value is -1.88. The highest BCUT2D eigenvalue weighted by atomic mass is 16.3. The molecule has 2 rings (SSSR count). The van der Waals surface area contributed by atoms with Crippen molar-refractivity contribution in [2.24, 2.45) is 0 Å². The van der Waals surface area contributed by atoms with E-state index in [9.17, 15) is 4.79 Å². The molecule has 1 heterocycles. The molecule has 0 saturated carbocycles. The van der Waals surface area contributed by atoms with Crippen molar-refractivity contribution in [3.8, 4) is 0 Å². The number of H-pyrrole nitrogens is 1. The first-order valence-corrected chi connectivity index (χ1v) is 6.13. The van der Waals surface area contributed by atoms with Crippen molar-refractivity contribution in [3.05, 3.63) is 29.6 Å². The van der Waals surface area contributed by atoms with E-state index < -0.39 is 0 Å². The number of hydrogen-bond donors (Lipinski definition) is 3. The Morgan fingerprint density at radius 2 is 2.33 bits per heavy atom. The van der Waals surface area contributed by atoms with Gasteiger partial charge in [0.25, 0.3) is 5.91 Å². The highest BCUT2D eigenvalue weighted by Gasteiger charge is 2.12. The van der Waals surface area contributed by atoms with E-state index in [0.717, 1.165) is 24.2 Å². The molecule has 0 aliphatic heterocycles. The topological polar surface area (TPSA) is 78.0 Å². The third kappa shape index (κ3) is 2.51. The molecule has 1 aromatic heterocycles. The zero-order chi connectivity index (χ0) is 13.0. The van der Waals surface area contributed by atoms with Gasteiger partial charge in [0.1, 0.15) is 11.3 Å². The lowest BCUT2D eigenvalue weighted by atomic mass is 10.1. The number of aliphatic hydroxyl groups is 1. The Balaban J connectivity index is 2.35. The standard InChI is InChI=1S/C13H17N3O2/c1-2-4-11-15-10-6-3-5-9(12(10)16-11)13(18)14-7-8-17/h3,5-6,17H,2,4,7-8H2,1H3,(H,14,18)(H,15,16). The third-order valence-corrected chi connectivity index (χ3v) is 2.69. The molecule has 0 spiro atoms. The average Bonchev–Trinajstić information content (AvgIpc) is 2.78. The van der Waals surface area contributed by atoms with Gasteiger partial charge in [0.2, 0.25) is 0 Å². The number of carbonyl (C=O) groups excluding carboxylic acids is 1. The quantitative estimate of drug-likeness (QED) is 0.743. The number of aliphatic hydroxyl groups excluding tert-OH is 1. The number of carbonyl (C=O) groups is 1. The van der Waals surface area contributed by atoms with Crippen LogP contribution in [0.15, 0.2) is 18.2 Å². The molecular formula is C13H17N3O2. The molecule has 0 atom stereocenters. The molecule has 0 unspecified atom stereocenters. The highest BCUT2D eigenvalue weighted by Crippen LogP contribution is 2.17. The Morgan fingerprint density at radius 1 is 1.50 bits per heavy atom. The number of fused-ring (bicyclic) bond motifs is 1. The first-order valence-electron chi connectivity index (χ1n) is 6.13. The lowest BCUT2D eigenvalue weighted by Gasteiger charge is -2.03. The number of aromatic amines is 1. The van der Waals surface area contributed by atoms with E-state index in [1.165, 1.54) is 0 Å². The Kier molecular flexibility index (Phi) is 3.94. The van der Waals surface area contributed by atoms with E-state index >= 15 is 0 Å². The number of nitrogens with zero attached hydrogens (tertiary/aromatic N) is 1. The zero-order valence-corrected chi connectivity index (χ0v) is 10.4. The van der Waals surface area contributed by atoms with Gasteiger partial charge in [0.05, 0.1) is 17.7 Å². The van der Waals surface area contributed by atoms with Crippen LogP contribution >= 0.6 is 0 Å². The number of para-hydroxylation sites is 1. The smallest absolute Gasteiger partial charge is 0.253 e. The van der Waals surface area contributed by atoms with Crippen LogP contribution in [0.4, 0.5) is 0 Å². The molecule has 1 aromatic carbocycles. The van der Waals surface area contributed by atoms with Gasteiger partial charge >= 0.3 is 0 Å². The van der Waals surface area contributed by atoms with Gasteiger partial charge in [-0.1, -0.05) is 13.0 Å². The van der Waals surface area contributed by atoms with Crippen LogP contribution in [-0.2, 0) is 6.42 Å². The molecule has 0 aliphatic rings. The van der Waals surface area contributed by atoms with Crippen molar-refractivity contribution in [2.75, 3.05) is 13.2 Å². The first kappa shape index (κ1) is 12.6. The summed E-state index contributed by atoms with van der Waals surface area (Å²) in [6.07, 6.45) is 1.87. The maximum Gasteiger partial charge on any atom is 0.253 e. The number of rotatable bonds is 5. The maximum atomic E-state index is 11.9.